The Bertz CT molecular complexity index is 877. The van der Waals surface area contributed by atoms with Gasteiger partial charge in [0.1, 0.15) is 11.6 Å². The van der Waals surface area contributed by atoms with Crippen molar-refractivity contribution >= 4 is 17.7 Å². The van der Waals surface area contributed by atoms with Gasteiger partial charge in [-0.1, -0.05) is 12.1 Å². The fourth-order valence-corrected chi connectivity index (χ4v) is 3.27. The average molecular weight is 419 g/mol. The zero-order chi connectivity index (χ0) is 21.5. The van der Waals surface area contributed by atoms with Gasteiger partial charge in [-0.25, -0.2) is 9.78 Å². The second kappa shape index (κ2) is 10.00. The Hall–Kier alpha value is -3.23. The number of pyridine rings is 1. The van der Waals surface area contributed by atoms with Crippen molar-refractivity contribution in [2.45, 2.75) is 20.0 Å². The molecule has 0 atom stereocenters. The zero-order valence-electron chi connectivity index (χ0n) is 16.6. The molecule has 1 aromatic heterocycles. The van der Waals surface area contributed by atoms with Crippen molar-refractivity contribution in [2.24, 2.45) is 0 Å². The minimum Gasteiger partial charge on any atom is -0.462 e. The predicted molar refractivity (Wildman–Crippen MR) is 106 cm³/mol. The molecule has 7 nitrogen and oxygen atoms in total. The van der Waals surface area contributed by atoms with Crippen LogP contribution >= 0.6 is 0 Å². The second-order valence-electron chi connectivity index (χ2n) is 6.63. The second-order valence-corrected chi connectivity index (χ2v) is 6.63. The lowest BCUT2D eigenvalue weighted by Crippen LogP contribution is -2.35. The number of para-hydroxylation sites is 1. The van der Waals surface area contributed by atoms with E-state index in [1.165, 1.54) is 18.3 Å². The summed E-state index contributed by atoms with van der Waals surface area (Å²) in [7, 11) is 0. The third-order valence-corrected chi connectivity index (χ3v) is 4.70. The highest BCUT2D eigenvalue weighted by molar-refractivity contribution is 5.97. The number of esters is 1. The molecule has 2 aromatic rings. The van der Waals surface area contributed by atoms with Crippen LogP contribution in [0, 0.1) is 0 Å². The number of benzene rings is 1. The van der Waals surface area contributed by atoms with E-state index in [-0.39, 0.29) is 17.2 Å². The summed E-state index contributed by atoms with van der Waals surface area (Å²) in [5.74, 6) is -0.207. The molecule has 0 aliphatic carbocycles. The summed E-state index contributed by atoms with van der Waals surface area (Å²) < 4.78 is 34.7. The SMILES string of the molecule is CCOC(=O)c1ccc(N2CCCN(C(=O)c3ccccc3OC(F)F)CC2)nc1. The minimum atomic E-state index is -3.00. The number of aromatic nitrogens is 1. The average Bonchev–Trinajstić information content (AvgIpc) is 3.00. The van der Waals surface area contributed by atoms with Gasteiger partial charge >= 0.3 is 12.6 Å². The number of carbonyl (C=O) groups is 2. The number of amides is 1. The molecule has 30 heavy (non-hydrogen) atoms. The fraction of sp³-hybridized carbons (Fsp3) is 0.381. The molecule has 0 N–H and O–H groups in total. The maximum Gasteiger partial charge on any atom is 0.387 e. The van der Waals surface area contributed by atoms with Crippen molar-refractivity contribution in [3.05, 3.63) is 53.7 Å². The number of anilines is 1. The van der Waals surface area contributed by atoms with E-state index < -0.39 is 12.6 Å². The molecule has 0 saturated carbocycles. The summed E-state index contributed by atoms with van der Waals surface area (Å²) in [6.07, 6.45) is 2.16. The van der Waals surface area contributed by atoms with Crippen molar-refractivity contribution in [1.29, 1.82) is 0 Å². The molecule has 0 spiro atoms. The van der Waals surface area contributed by atoms with Crippen LogP contribution in [0.3, 0.4) is 0 Å². The van der Waals surface area contributed by atoms with Crippen LogP contribution in [0.2, 0.25) is 0 Å². The van der Waals surface area contributed by atoms with Gasteiger partial charge in [0, 0.05) is 32.4 Å². The summed E-state index contributed by atoms with van der Waals surface area (Å²) in [5.41, 5.74) is 0.492. The molecule has 1 aliphatic rings. The van der Waals surface area contributed by atoms with E-state index in [4.69, 9.17) is 4.74 Å². The molecule has 2 heterocycles. The first kappa shape index (κ1) is 21.5. The van der Waals surface area contributed by atoms with Gasteiger partial charge in [-0.3, -0.25) is 4.79 Å². The minimum absolute atomic E-state index is 0.114. The highest BCUT2D eigenvalue weighted by Crippen LogP contribution is 2.23. The van der Waals surface area contributed by atoms with Gasteiger partial charge < -0.3 is 19.3 Å². The Morgan fingerprint density at radius 3 is 2.60 bits per heavy atom. The molecule has 1 aliphatic heterocycles. The normalized spacial score (nSPS) is 14.4. The lowest BCUT2D eigenvalue weighted by atomic mass is 10.1. The molecule has 1 aromatic carbocycles. The zero-order valence-corrected chi connectivity index (χ0v) is 16.6. The maximum atomic E-state index is 12.9. The standard InChI is InChI=1S/C21H23F2N3O4/c1-2-29-20(28)15-8-9-18(24-14-15)25-10-5-11-26(13-12-25)19(27)16-6-3-4-7-17(16)30-21(22)23/h3-4,6-9,14,21H,2,5,10-13H2,1H3. The molecule has 1 fully saturated rings. The number of ether oxygens (including phenoxy) is 2. The van der Waals surface area contributed by atoms with Gasteiger partial charge in [0.15, 0.2) is 0 Å². The Labute approximate surface area is 173 Å². The Balaban J connectivity index is 1.67. The highest BCUT2D eigenvalue weighted by Gasteiger charge is 2.24. The first-order valence-corrected chi connectivity index (χ1v) is 9.71. The monoisotopic (exact) mass is 419 g/mol. The van der Waals surface area contributed by atoms with Crippen LogP contribution in [0.1, 0.15) is 34.1 Å². The largest absolute Gasteiger partial charge is 0.462 e. The van der Waals surface area contributed by atoms with Gasteiger partial charge in [0.05, 0.1) is 17.7 Å². The summed E-state index contributed by atoms with van der Waals surface area (Å²) in [6, 6.07) is 9.41. The predicted octanol–water partition coefficient (Wildman–Crippen LogP) is 3.21. The number of nitrogens with zero attached hydrogens (tertiary/aromatic N) is 3. The maximum absolute atomic E-state index is 12.9. The van der Waals surface area contributed by atoms with Crippen LogP contribution < -0.4 is 9.64 Å². The van der Waals surface area contributed by atoms with Gasteiger partial charge in [0.2, 0.25) is 0 Å². The van der Waals surface area contributed by atoms with E-state index >= 15 is 0 Å². The van der Waals surface area contributed by atoms with Gasteiger partial charge in [-0.15, -0.1) is 0 Å². The number of halogens is 2. The molecule has 1 amide bonds. The third-order valence-electron chi connectivity index (χ3n) is 4.70. The third kappa shape index (κ3) is 5.22. The summed E-state index contributed by atoms with van der Waals surface area (Å²) >= 11 is 0. The van der Waals surface area contributed by atoms with Crippen LogP contribution in [-0.2, 0) is 4.74 Å². The van der Waals surface area contributed by atoms with Crippen LogP contribution in [-0.4, -0.2) is 61.2 Å². The van der Waals surface area contributed by atoms with E-state index in [1.807, 2.05) is 4.90 Å². The van der Waals surface area contributed by atoms with Crippen molar-refractivity contribution in [1.82, 2.24) is 9.88 Å². The first-order chi connectivity index (χ1) is 14.5. The number of rotatable bonds is 6. The lowest BCUT2D eigenvalue weighted by Gasteiger charge is -2.23. The number of carbonyl (C=O) groups excluding carboxylic acids is 2. The number of alkyl halides is 2. The van der Waals surface area contributed by atoms with Gasteiger partial charge in [-0.2, -0.15) is 8.78 Å². The van der Waals surface area contributed by atoms with Crippen LogP contribution in [0.5, 0.6) is 5.75 Å². The molecule has 0 radical (unpaired) electrons. The number of hydrogen-bond acceptors (Lipinski definition) is 6. The van der Waals surface area contributed by atoms with E-state index in [0.717, 1.165) is 0 Å². The van der Waals surface area contributed by atoms with E-state index in [2.05, 4.69) is 9.72 Å². The molecule has 3 rings (SSSR count). The van der Waals surface area contributed by atoms with Gasteiger partial charge in [0.25, 0.3) is 5.91 Å². The van der Waals surface area contributed by atoms with Crippen molar-refractivity contribution in [3.8, 4) is 5.75 Å². The molecule has 1 saturated heterocycles. The first-order valence-electron chi connectivity index (χ1n) is 9.71. The molecule has 0 unspecified atom stereocenters. The summed E-state index contributed by atoms with van der Waals surface area (Å²) in [5, 5.41) is 0. The van der Waals surface area contributed by atoms with E-state index in [0.29, 0.717) is 50.6 Å². The topological polar surface area (TPSA) is 72.0 Å². The smallest absolute Gasteiger partial charge is 0.387 e. The Kier molecular flexibility index (Phi) is 7.16. The molecule has 9 heteroatoms. The van der Waals surface area contributed by atoms with Crippen molar-refractivity contribution < 1.29 is 27.8 Å². The van der Waals surface area contributed by atoms with E-state index in [1.54, 1.807) is 36.1 Å². The van der Waals surface area contributed by atoms with E-state index in [9.17, 15) is 18.4 Å². The Morgan fingerprint density at radius 1 is 1.10 bits per heavy atom. The van der Waals surface area contributed by atoms with Gasteiger partial charge in [-0.05, 0) is 37.6 Å². The summed E-state index contributed by atoms with van der Waals surface area (Å²) in [4.78, 5) is 32.6. The Morgan fingerprint density at radius 2 is 1.90 bits per heavy atom. The quantitative estimate of drug-likeness (QED) is 0.670. The summed E-state index contributed by atoms with van der Waals surface area (Å²) in [6.45, 7) is 1.12. The molecular formula is C21H23F2N3O4. The van der Waals surface area contributed by atoms with Crippen LogP contribution in [0.4, 0.5) is 14.6 Å². The van der Waals surface area contributed by atoms with Crippen LogP contribution in [0.15, 0.2) is 42.6 Å². The van der Waals surface area contributed by atoms with Crippen molar-refractivity contribution in [2.75, 3.05) is 37.7 Å². The van der Waals surface area contributed by atoms with Crippen LogP contribution in [0.25, 0.3) is 0 Å². The fourth-order valence-electron chi connectivity index (χ4n) is 3.27. The van der Waals surface area contributed by atoms with Crippen molar-refractivity contribution in [3.63, 3.8) is 0 Å². The molecule has 0 bridgehead atoms. The highest BCUT2D eigenvalue weighted by atomic mass is 19.3. The lowest BCUT2D eigenvalue weighted by molar-refractivity contribution is -0.0502. The number of hydrogen-bond donors (Lipinski definition) is 0. The molecule has 160 valence electrons. The molecular weight excluding hydrogens is 396 g/mol.